The fourth-order valence-corrected chi connectivity index (χ4v) is 0.120. The molecule has 5 heavy (non-hydrogen) atoms. The van der Waals surface area contributed by atoms with Crippen LogP contribution in [0.25, 0.3) is 0 Å². The van der Waals surface area contributed by atoms with Gasteiger partial charge in [0.15, 0.2) is 0 Å². The molecule has 1 rings (SSSR count). The second kappa shape index (κ2) is 0.662. The molecular weight excluding hydrogens is 68.0 g/mol. The summed E-state index contributed by atoms with van der Waals surface area (Å²) in [5, 5.41) is 2.81. The molecule has 0 aromatic heterocycles. The highest BCUT2D eigenvalue weighted by Crippen LogP contribution is 1.95. The molecule has 0 spiro atoms. The van der Waals surface area contributed by atoms with E-state index in [-0.39, 0.29) is 0 Å². The van der Waals surface area contributed by atoms with E-state index in [1.54, 1.807) is 0 Å². The Kier molecular flexibility index (Phi) is 0.403. The van der Waals surface area contributed by atoms with Crippen LogP contribution in [0.2, 0.25) is 0 Å². The number of nitrogens with zero attached hydrogens (tertiary/aromatic N) is 2. The van der Waals surface area contributed by atoms with Gasteiger partial charge in [0.05, 0.1) is 0 Å². The Hall–Kier alpha value is -0.160. The zero-order valence-corrected chi connectivity index (χ0v) is 2.76. The van der Waals surface area contributed by atoms with E-state index in [1.165, 1.54) is 10.2 Å². The molecule has 4 N–H and O–H groups in total. The lowest BCUT2D eigenvalue weighted by Gasteiger charge is -1.80. The summed E-state index contributed by atoms with van der Waals surface area (Å²) in [5.41, 5.74) is 0. The van der Waals surface area contributed by atoms with Crippen molar-refractivity contribution < 1.29 is 0 Å². The lowest BCUT2D eigenvalue weighted by Crippen LogP contribution is -2.18. The van der Waals surface area contributed by atoms with Crippen LogP contribution in [0, 0.1) is 0 Å². The third kappa shape index (κ3) is 0.381. The van der Waals surface area contributed by atoms with Gasteiger partial charge in [0.25, 0.3) is 0 Å². The van der Waals surface area contributed by atoms with Gasteiger partial charge in [-0.25, -0.2) is 0 Å². The maximum atomic E-state index is 5.00. The molecule has 1 heterocycles. The summed E-state index contributed by atoms with van der Waals surface area (Å²) in [6.45, 7) is 0.694. The minimum atomic E-state index is 0.694. The maximum Gasteiger partial charge on any atom is 0.112 e. The van der Waals surface area contributed by atoms with Gasteiger partial charge in [-0.2, -0.15) is 0 Å². The van der Waals surface area contributed by atoms with Crippen LogP contribution in [-0.4, -0.2) is 16.9 Å². The van der Waals surface area contributed by atoms with E-state index in [2.05, 4.69) is 0 Å². The van der Waals surface area contributed by atoms with Crippen molar-refractivity contribution in [3.05, 3.63) is 0 Å². The molecule has 1 saturated heterocycles. The fraction of sp³-hybridized carbons (Fsp3) is 1.00. The van der Waals surface area contributed by atoms with Gasteiger partial charge < -0.3 is 0 Å². The number of hydrogen-bond acceptors (Lipinski definition) is 4. The van der Waals surface area contributed by atoms with Crippen LogP contribution in [0.1, 0.15) is 0 Å². The van der Waals surface area contributed by atoms with Crippen LogP contribution in [-0.2, 0) is 0 Å². The molecule has 4 nitrogen and oxygen atoms in total. The first-order valence-corrected chi connectivity index (χ1v) is 1.35. The highest BCUT2D eigenvalue weighted by molar-refractivity contribution is 4.46. The van der Waals surface area contributed by atoms with Crippen molar-refractivity contribution >= 4 is 0 Å². The molecule has 2 unspecified atom stereocenters. The molecule has 1 aliphatic heterocycles. The smallest absolute Gasteiger partial charge is 0.112 e. The van der Waals surface area contributed by atoms with Crippen LogP contribution in [0.15, 0.2) is 0 Å². The number of hydrazine groups is 3. The highest BCUT2D eigenvalue weighted by atomic mass is 16.0. The zero-order chi connectivity index (χ0) is 3.86. The van der Waals surface area contributed by atoms with E-state index in [1.807, 2.05) is 0 Å². The molecule has 0 aromatic carbocycles. The Bertz CT molecular complexity index is 36.9. The van der Waals surface area contributed by atoms with Crippen LogP contribution in [0.3, 0.4) is 0 Å². The first kappa shape index (κ1) is 3.05. The van der Waals surface area contributed by atoms with Gasteiger partial charge in [-0.1, -0.05) is 0 Å². The predicted molar refractivity (Wildman–Crippen MR) is 16.9 cm³/mol. The monoisotopic (exact) mass is 74.1 g/mol. The molecule has 0 bridgehead atoms. The first-order chi connectivity index (χ1) is 2.30. The average molecular weight is 74.1 g/mol. The Morgan fingerprint density at radius 2 is 1.40 bits per heavy atom. The summed E-state index contributed by atoms with van der Waals surface area (Å²) in [7, 11) is 0. The minimum Gasteiger partial charge on any atom is -0.252 e. The van der Waals surface area contributed by atoms with Gasteiger partial charge in [-0.3, -0.25) is 11.7 Å². The summed E-state index contributed by atoms with van der Waals surface area (Å²) in [6.07, 6.45) is 0. The molecule has 0 aromatic rings. The van der Waals surface area contributed by atoms with E-state index in [4.69, 9.17) is 11.7 Å². The van der Waals surface area contributed by atoms with Crippen LogP contribution in [0.4, 0.5) is 0 Å². The van der Waals surface area contributed by atoms with Crippen molar-refractivity contribution in [2.24, 2.45) is 11.7 Å². The Labute approximate surface area is 29.8 Å². The van der Waals surface area contributed by atoms with Gasteiger partial charge in [0, 0.05) is 0 Å². The predicted octanol–water partition coefficient (Wildman–Crippen LogP) is -1.78. The van der Waals surface area contributed by atoms with Crippen molar-refractivity contribution in [3.8, 4) is 0 Å². The Morgan fingerprint density at radius 3 is 1.40 bits per heavy atom. The van der Waals surface area contributed by atoms with E-state index >= 15 is 0 Å². The van der Waals surface area contributed by atoms with Crippen molar-refractivity contribution in [1.82, 2.24) is 10.2 Å². The van der Waals surface area contributed by atoms with Crippen LogP contribution in [0.5, 0.6) is 0 Å². The summed E-state index contributed by atoms with van der Waals surface area (Å²) >= 11 is 0. The van der Waals surface area contributed by atoms with Gasteiger partial charge >= 0.3 is 0 Å². The van der Waals surface area contributed by atoms with Crippen molar-refractivity contribution in [2.75, 3.05) is 6.67 Å². The van der Waals surface area contributed by atoms with Gasteiger partial charge in [0.2, 0.25) is 0 Å². The zero-order valence-electron chi connectivity index (χ0n) is 2.76. The summed E-state index contributed by atoms with van der Waals surface area (Å²) in [4.78, 5) is 0. The molecule has 0 aliphatic carbocycles. The van der Waals surface area contributed by atoms with E-state index in [0.29, 0.717) is 6.67 Å². The van der Waals surface area contributed by atoms with Crippen molar-refractivity contribution in [3.63, 3.8) is 0 Å². The number of rotatable bonds is 0. The average Bonchev–Trinajstić information content (AvgIpc) is 1.79. The summed E-state index contributed by atoms with van der Waals surface area (Å²) in [5.74, 6) is 10.0. The molecule has 1 fully saturated rings. The topological polar surface area (TPSA) is 58.1 Å². The SMILES string of the molecule is NN1CN1N. The van der Waals surface area contributed by atoms with E-state index in [0.717, 1.165) is 0 Å². The molecule has 30 valence electrons. The molecule has 0 amide bonds. The molecule has 0 saturated carbocycles. The Balaban J connectivity index is 2.20. The standard InChI is InChI=1S/CH6N4/c2-4-1-5(4)3/h1-3H2. The largest absolute Gasteiger partial charge is 0.252 e. The van der Waals surface area contributed by atoms with Crippen LogP contribution >= 0.6 is 0 Å². The Morgan fingerprint density at radius 1 is 1.20 bits per heavy atom. The number of hydrogen-bond donors (Lipinski definition) is 2. The maximum absolute atomic E-state index is 5.00. The van der Waals surface area contributed by atoms with Crippen molar-refractivity contribution in [2.45, 2.75) is 0 Å². The normalized spacial score (nSPS) is 49.2. The second-order valence-corrected chi connectivity index (χ2v) is 1.02. The van der Waals surface area contributed by atoms with Crippen LogP contribution < -0.4 is 11.7 Å². The highest BCUT2D eigenvalue weighted by Gasteiger charge is 2.21. The van der Waals surface area contributed by atoms with Gasteiger partial charge in [-0.15, -0.1) is 10.2 Å². The quantitative estimate of drug-likeness (QED) is 0.263. The summed E-state index contributed by atoms with van der Waals surface area (Å²) in [6, 6.07) is 0. The number of nitrogens with two attached hydrogens (primary N) is 2. The van der Waals surface area contributed by atoms with E-state index in [9.17, 15) is 0 Å². The molecule has 2 atom stereocenters. The minimum absolute atomic E-state index is 0.694. The molecule has 4 heteroatoms. The fourth-order valence-electron chi connectivity index (χ4n) is 0.120. The van der Waals surface area contributed by atoms with Crippen molar-refractivity contribution in [1.29, 1.82) is 0 Å². The van der Waals surface area contributed by atoms with Gasteiger partial charge in [-0.05, 0) is 0 Å². The lowest BCUT2D eigenvalue weighted by molar-refractivity contribution is 0.324. The molecule has 0 radical (unpaired) electrons. The third-order valence-electron chi connectivity index (χ3n) is 0.535. The third-order valence-corrected chi connectivity index (χ3v) is 0.535. The molecular formula is CH6N4. The second-order valence-electron chi connectivity index (χ2n) is 1.02. The molecule has 1 aliphatic rings. The van der Waals surface area contributed by atoms with E-state index < -0.39 is 0 Å². The summed E-state index contributed by atoms with van der Waals surface area (Å²) < 4.78 is 0. The lowest BCUT2D eigenvalue weighted by atomic mass is 11.4. The first-order valence-electron chi connectivity index (χ1n) is 1.35. The van der Waals surface area contributed by atoms with Gasteiger partial charge in [0.1, 0.15) is 6.67 Å².